The van der Waals surface area contributed by atoms with Gasteiger partial charge >= 0.3 is 0 Å². The van der Waals surface area contributed by atoms with Crippen LogP contribution in [-0.2, 0) is 14.4 Å². The normalized spacial score (nSPS) is 10.7. The summed E-state index contributed by atoms with van der Waals surface area (Å²) in [7, 11) is 0. The highest BCUT2D eigenvalue weighted by Gasteiger charge is 2.27. The van der Waals surface area contributed by atoms with Crippen molar-refractivity contribution in [1.82, 2.24) is 4.90 Å². The van der Waals surface area contributed by atoms with Crippen molar-refractivity contribution in [3.63, 3.8) is 0 Å². The number of nitrogens with zero attached hydrogens (tertiary/aromatic N) is 1. The Labute approximate surface area is 224 Å². The molecule has 0 rings (SSSR count). The van der Waals surface area contributed by atoms with Crippen LogP contribution < -0.4 is 0 Å². The highest BCUT2D eigenvalue weighted by atomic mass is 35.5. The second-order valence-electron chi connectivity index (χ2n) is 10.1. The summed E-state index contributed by atoms with van der Waals surface area (Å²) in [5, 5.41) is 0. The van der Waals surface area contributed by atoms with Gasteiger partial charge in [0.15, 0.2) is 0 Å². The molecule has 0 saturated carbocycles. The molecule has 35 heavy (non-hydrogen) atoms. The van der Waals surface area contributed by atoms with Crippen LogP contribution in [0.2, 0.25) is 0 Å². The summed E-state index contributed by atoms with van der Waals surface area (Å²) < 4.78 is 0. The highest BCUT2D eigenvalue weighted by molar-refractivity contribution is 6.10. The maximum absolute atomic E-state index is 12.9. The molecule has 0 aromatic rings. The summed E-state index contributed by atoms with van der Waals surface area (Å²) >= 11 is 0. The number of hydrogen-bond donors (Lipinski definition) is 0. The van der Waals surface area contributed by atoms with E-state index in [9.17, 15) is 14.4 Å². The standard InChI is InChI=1S/C30H57NO3.ClH/c1-4-7-10-13-16-19-22-25-28(32)31(29(33)26-23-20-17-14-11-8-5-2)30(34)27-24-21-18-15-12-9-6-3;/h4-27H2,1-3H3;1H. The third kappa shape index (κ3) is 22.1. The van der Waals surface area contributed by atoms with Crippen LogP contribution in [0.1, 0.15) is 175 Å². The average Bonchev–Trinajstić information content (AvgIpc) is 2.82. The monoisotopic (exact) mass is 515 g/mol. The largest absolute Gasteiger partial charge is 0.274 e. The van der Waals surface area contributed by atoms with Crippen molar-refractivity contribution in [3.8, 4) is 0 Å². The number of hydrogen-bond acceptors (Lipinski definition) is 3. The molecule has 0 bridgehead atoms. The van der Waals surface area contributed by atoms with Crippen molar-refractivity contribution in [1.29, 1.82) is 0 Å². The van der Waals surface area contributed by atoms with Gasteiger partial charge in [0.2, 0.25) is 17.7 Å². The molecule has 0 aromatic carbocycles. The van der Waals surface area contributed by atoms with E-state index < -0.39 is 0 Å². The Balaban J connectivity index is 0. The fourth-order valence-electron chi connectivity index (χ4n) is 4.45. The minimum atomic E-state index is -0.269. The Kier molecular flexibility index (Phi) is 28.7. The second kappa shape index (κ2) is 27.7. The Hall–Kier alpha value is -0.900. The number of amides is 3. The molecule has 4 nitrogen and oxygen atoms in total. The number of imide groups is 3. The smallest absolute Gasteiger partial charge is 0.236 e. The SMILES string of the molecule is CCCCCCCCCC(=O)N(C(=O)CCCCCCCCC)C(=O)CCCCCCCCC.Cl. The van der Waals surface area contributed by atoms with Crippen molar-refractivity contribution >= 4 is 30.1 Å². The molecule has 0 fully saturated rings. The summed E-state index contributed by atoms with van der Waals surface area (Å²) in [4.78, 5) is 39.6. The highest BCUT2D eigenvalue weighted by Crippen LogP contribution is 2.15. The van der Waals surface area contributed by atoms with Crippen molar-refractivity contribution < 1.29 is 14.4 Å². The van der Waals surface area contributed by atoms with E-state index in [1.165, 1.54) is 77.0 Å². The van der Waals surface area contributed by atoms with Gasteiger partial charge in [-0.25, -0.2) is 4.90 Å². The number of halogens is 1. The molecule has 3 amide bonds. The third-order valence-corrected chi connectivity index (χ3v) is 6.73. The lowest BCUT2D eigenvalue weighted by atomic mass is 10.1. The molecule has 0 heterocycles. The lowest BCUT2D eigenvalue weighted by Crippen LogP contribution is -2.41. The van der Waals surface area contributed by atoms with Crippen molar-refractivity contribution in [2.75, 3.05) is 0 Å². The molecule has 0 radical (unpaired) electrons. The summed E-state index contributed by atoms with van der Waals surface area (Å²) in [5.41, 5.74) is 0. The summed E-state index contributed by atoms with van der Waals surface area (Å²) in [5.74, 6) is -0.807. The summed E-state index contributed by atoms with van der Waals surface area (Å²) in [6.07, 6.45) is 24.6. The van der Waals surface area contributed by atoms with Crippen LogP contribution in [0.3, 0.4) is 0 Å². The van der Waals surface area contributed by atoms with E-state index in [1.54, 1.807) is 0 Å². The summed E-state index contributed by atoms with van der Waals surface area (Å²) in [6, 6.07) is 0. The lowest BCUT2D eigenvalue weighted by molar-refractivity contribution is -0.154. The van der Waals surface area contributed by atoms with E-state index in [0.29, 0.717) is 19.3 Å². The molecular formula is C30H58ClNO3. The third-order valence-electron chi connectivity index (χ3n) is 6.73. The van der Waals surface area contributed by atoms with Crippen molar-refractivity contribution in [2.45, 2.75) is 175 Å². The van der Waals surface area contributed by atoms with Gasteiger partial charge in [-0.05, 0) is 19.3 Å². The molecule has 0 aliphatic carbocycles. The fourth-order valence-corrected chi connectivity index (χ4v) is 4.45. The molecule has 0 unspecified atom stereocenters. The van der Waals surface area contributed by atoms with Crippen molar-refractivity contribution in [2.24, 2.45) is 0 Å². The first-order valence-electron chi connectivity index (χ1n) is 15.0. The van der Waals surface area contributed by atoms with Gasteiger partial charge in [-0.1, -0.05) is 136 Å². The quantitative estimate of drug-likeness (QED) is 0.120. The molecule has 0 aliphatic heterocycles. The van der Waals surface area contributed by atoms with Gasteiger partial charge < -0.3 is 0 Å². The van der Waals surface area contributed by atoms with Gasteiger partial charge in [0.25, 0.3) is 0 Å². The van der Waals surface area contributed by atoms with Crippen LogP contribution in [0.25, 0.3) is 0 Å². The Morgan fingerprint density at radius 3 is 0.800 bits per heavy atom. The number of carbonyl (C=O) groups is 3. The molecule has 5 heteroatoms. The number of unbranched alkanes of at least 4 members (excludes halogenated alkanes) is 18. The number of rotatable bonds is 24. The number of carbonyl (C=O) groups excluding carboxylic acids is 3. The topological polar surface area (TPSA) is 54.5 Å². The van der Waals surface area contributed by atoms with Crippen molar-refractivity contribution in [3.05, 3.63) is 0 Å². The van der Waals surface area contributed by atoms with Crippen LogP contribution in [0.5, 0.6) is 0 Å². The average molecular weight is 516 g/mol. The molecule has 0 spiro atoms. The van der Waals surface area contributed by atoms with Gasteiger partial charge in [-0.3, -0.25) is 14.4 Å². The molecule has 208 valence electrons. The van der Waals surface area contributed by atoms with E-state index >= 15 is 0 Å². The van der Waals surface area contributed by atoms with Crippen LogP contribution in [0, 0.1) is 0 Å². The van der Waals surface area contributed by atoms with E-state index in [4.69, 9.17) is 0 Å². The van der Waals surface area contributed by atoms with Gasteiger partial charge in [0.05, 0.1) is 0 Å². The zero-order valence-corrected chi connectivity index (χ0v) is 24.4. The van der Waals surface area contributed by atoms with E-state index in [0.717, 1.165) is 62.7 Å². The van der Waals surface area contributed by atoms with Crippen LogP contribution in [0.15, 0.2) is 0 Å². The predicted molar refractivity (Wildman–Crippen MR) is 152 cm³/mol. The Morgan fingerprint density at radius 2 is 0.571 bits per heavy atom. The van der Waals surface area contributed by atoms with Crippen LogP contribution >= 0.6 is 12.4 Å². The first-order chi connectivity index (χ1) is 16.6. The maximum atomic E-state index is 12.9. The van der Waals surface area contributed by atoms with Crippen LogP contribution in [0.4, 0.5) is 0 Å². The molecular weight excluding hydrogens is 458 g/mol. The van der Waals surface area contributed by atoms with Gasteiger partial charge in [0, 0.05) is 19.3 Å². The first kappa shape index (κ1) is 36.3. The second-order valence-corrected chi connectivity index (χ2v) is 10.1. The zero-order chi connectivity index (χ0) is 25.3. The Bertz CT molecular complexity index is 439. The first-order valence-corrected chi connectivity index (χ1v) is 15.0. The molecule has 0 aliphatic rings. The maximum Gasteiger partial charge on any atom is 0.236 e. The van der Waals surface area contributed by atoms with Gasteiger partial charge in [0.1, 0.15) is 0 Å². The van der Waals surface area contributed by atoms with E-state index in [2.05, 4.69) is 20.8 Å². The molecule has 0 saturated heterocycles. The molecule has 0 aromatic heterocycles. The molecule has 0 atom stereocenters. The minimum absolute atomic E-state index is 0. The Morgan fingerprint density at radius 1 is 0.371 bits per heavy atom. The zero-order valence-electron chi connectivity index (χ0n) is 23.6. The lowest BCUT2D eigenvalue weighted by Gasteiger charge is -2.19. The van der Waals surface area contributed by atoms with Gasteiger partial charge in [-0.2, -0.15) is 0 Å². The minimum Gasteiger partial charge on any atom is -0.274 e. The van der Waals surface area contributed by atoms with Crippen LogP contribution in [-0.4, -0.2) is 22.6 Å². The van der Waals surface area contributed by atoms with E-state index in [-0.39, 0.29) is 30.1 Å². The van der Waals surface area contributed by atoms with Gasteiger partial charge in [-0.15, -0.1) is 12.4 Å². The fraction of sp³-hybridized carbons (Fsp3) is 0.900. The summed E-state index contributed by atoms with van der Waals surface area (Å²) in [6.45, 7) is 6.63. The van der Waals surface area contributed by atoms with E-state index in [1.807, 2.05) is 0 Å². The predicted octanol–water partition coefficient (Wildman–Crippen LogP) is 9.71. The molecule has 0 N–H and O–H groups in total.